The Bertz CT molecular complexity index is 957. The van der Waals surface area contributed by atoms with Crippen molar-refractivity contribution in [2.75, 3.05) is 26.2 Å². The minimum atomic E-state index is -0.434. The van der Waals surface area contributed by atoms with Crippen LogP contribution >= 0.6 is 0 Å². The Morgan fingerprint density at radius 3 is 2.38 bits per heavy atom. The van der Waals surface area contributed by atoms with E-state index >= 15 is 0 Å². The Morgan fingerprint density at radius 2 is 1.76 bits per heavy atom. The van der Waals surface area contributed by atoms with Gasteiger partial charge in [-0.2, -0.15) is 4.98 Å². The van der Waals surface area contributed by atoms with Crippen LogP contribution in [-0.2, 0) is 16.1 Å². The van der Waals surface area contributed by atoms with Crippen LogP contribution in [0.3, 0.4) is 0 Å². The SMILES string of the molecule is CC(=O)NC(CC(C)C)C(=O)N1CCN(Cc2ccc(-c3noc(C4CCCC4)n3)cc2)CC1. The van der Waals surface area contributed by atoms with Gasteiger partial charge in [-0.1, -0.05) is 56.1 Å². The number of amides is 2. The lowest BCUT2D eigenvalue weighted by Gasteiger charge is -2.36. The molecule has 0 bridgehead atoms. The van der Waals surface area contributed by atoms with E-state index < -0.39 is 6.04 Å². The number of carbonyl (C=O) groups is 2. The van der Waals surface area contributed by atoms with Gasteiger partial charge in [0.1, 0.15) is 6.04 Å². The molecule has 2 amide bonds. The second-order valence-electron chi connectivity index (χ2n) is 10.1. The van der Waals surface area contributed by atoms with Gasteiger partial charge >= 0.3 is 0 Å². The second-order valence-corrected chi connectivity index (χ2v) is 10.1. The zero-order chi connectivity index (χ0) is 24.1. The van der Waals surface area contributed by atoms with Crippen LogP contribution in [0.5, 0.6) is 0 Å². The van der Waals surface area contributed by atoms with Crippen LogP contribution in [0.25, 0.3) is 11.4 Å². The molecule has 0 radical (unpaired) electrons. The molecular weight excluding hydrogens is 430 g/mol. The predicted molar refractivity (Wildman–Crippen MR) is 130 cm³/mol. The van der Waals surface area contributed by atoms with E-state index in [1.54, 1.807) is 0 Å². The van der Waals surface area contributed by atoms with Crippen molar-refractivity contribution in [1.82, 2.24) is 25.3 Å². The normalized spacial score (nSPS) is 18.4. The van der Waals surface area contributed by atoms with E-state index in [9.17, 15) is 9.59 Å². The van der Waals surface area contributed by atoms with E-state index in [2.05, 4.69) is 58.5 Å². The lowest BCUT2D eigenvalue weighted by atomic mass is 10.0. The number of rotatable bonds is 8. The Balaban J connectivity index is 1.28. The molecule has 4 rings (SSSR count). The van der Waals surface area contributed by atoms with Gasteiger partial charge in [-0.15, -0.1) is 0 Å². The molecule has 184 valence electrons. The maximum absolute atomic E-state index is 13.0. The number of aromatic nitrogens is 2. The topological polar surface area (TPSA) is 91.6 Å². The van der Waals surface area contributed by atoms with Crippen molar-refractivity contribution in [3.63, 3.8) is 0 Å². The highest BCUT2D eigenvalue weighted by Gasteiger charge is 2.28. The number of hydrogen-bond acceptors (Lipinski definition) is 6. The van der Waals surface area contributed by atoms with E-state index in [0.29, 0.717) is 37.2 Å². The summed E-state index contributed by atoms with van der Waals surface area (Å²) in [6.07, 6.45) is 5.43. The van der Waals surface area contributed by atoms with Gasteiger partial charge in [0.25, 0.3) is 0 Å². The van der Waals surface area contributed by atoms with Gasteiger partial charge in [-0.05, 0) is 30.7 Å². The average Bonchev–Trinajstić information content (AvgIpc) is 3.51. The summed E-state index contributed by atoms with van der Waals surface area (Å²) >= 11 is 0. The number of nitrogens with zero attached hydrogens (tertiary/aromatic N) is 4. The third kappa shape index (κ3) is 6.23. The largest absolute Gasteiger partial charge is 0.345 e. The van der Waals surface area contributed by atoms with Crippen LogP contribution in [-0.4, -0.2) is 64.0 Å². The summed E-state index contributed by atoms with van der Waals surface area (Å²) in [4.78, 5) is 33.4. The molecule has 1 aliphatic heterocycles. The van der Waals surface area contributed by atoms with Crippen LogP contribution in [0.15, 0.2) is 28.8 Å². The van der Waals surface area contributed by atoms with Crippen molar-refractivity contribution in [3.8, 4) is 11.4 Å². The molecule has 1 aromatic carbocycles. The fraction of sp³-hybridized carbons (Fsp3) is 0.615. The number of carbonyl (C=O) groups excluding carboxylic acids is 2. The Kier molecular flexibility index (Phi) is 7.98. The quantitative estimate of drug-likeness (QED) is 0.638. The minimum absolute atomic E-state index is 0.0324. The number of nitrogens with one attached hydrogen (secondary N) is 1. The van der Waals surface area contributed by atoms with E-state index in [-0.39, 0.29) is 11.8 Å². The summed E-state index contributed by atoms with van der Waals surface area (Å²) in [7, 11) is 0. The van der Waals surface area contributed by atoms with Crippen molar-refractivity contribution in [2.45, 2.75) is 71.4 Å². The summed E-state index contributed by atoms with van der Waals surface area (Å²) in [5.41, 5.74) is 2.19. The second kappa shape index (κ2) is 11.1. The van der Waals surface area contributed by atoms with Crippen LogP contribution in [0, 0.1) is 5.92 Å². The third-order valence-electron chi connectivity index (χ3n) is 6.83. The molecule has 1 unspecified atom stereocenters. The Hall–Kier alpha value is -2.74. The molecule has 0 spiro atoms. The van der Waals surface area contributed by atoms with Gasteiger partial charge in [-0.3, -0.25) is 14.5 Å². The van der Waals surface area contributed by atoms with Crippen molar-refractivity contribution in [3.05, 3.63) is 35.7 Å². The highest BCUT2D eigenvalue weighted by Crippen LogP contribution is 2.33. The molecule has 1 saturated carbocycles. The zero-order valence-electron chi connectivity index (χ0n) is 20.6. The van der Waals surface area contributed by atoms with Gasteiger partial charge in [0.15, 0.2) is 0 Å². The molecule has 2 fully saturated rings. The molecule has 1 atom stereocenters. The maximum atomic E-state index is 13.0. The van der Waals surface area contributed by atoms with Gasteiger partial charge in [0.05, 0.1) is 0 Å². The number of piperazine rings is 1. The molecule has 34 heavy (non-hydrogen) atoms. The molecule has 1 aromatic heterocycles. The lowest BCUT2D eigenvalue weighted by molar-refractivity contribution is -0.138. The first-order valence-electron chi connectivity index (χ1n) is 12.6. The maximum Gasteiger partial charge on any atom is 0.245 e. The van der Waals surface area contributed by atoms with Crippen molar-refractivity contribution in [2.24, 2.45) is 5.92 Å². The third-order valence-corrected chi connectivity index (χ3v) is 6.83. The number of hydrogen-bond donors (Lipinski definition) is 1. The van der Waals surface area contributed by atoms with Crippen molar-refractivity contribution >= 4 is 11.8 Å². The minimum Gasteiger partial charge on any atom is -0.345 e. The molecule has 1 aliphatic carbocycles. The van der Waals surface area contributed by atoms with Gasteiger partial charge in [0.2, 0.25) is 23.5 Å². The molecule has 8 heteroatoms. The van der Waals surface area contributed by atoms with Crippen molar-refractivity contribution < 1.29 is 14.1 Å². The first kappa shape index (κ1) is 24.4. The van der Waals surface area contributed by atoms with Crippen LogP contribution < -0.4 is 5.32 Å². The molecule has 8 nitrogen and oxygen atoms in total. The van der Waals surface area contributed by atoms with Gasteiger partial charge in [-0.25, -0.2) is 0 Å². The molecule has 1 saturated heterocycles. The smallest absolute Gasteiger partial charge is 0.245 e. The molecule has 2 aromatic rings. The zero-order valence-corrected chi connectivity index (χ0v) is 20.6. The predicted octanol–water partition coefficient (Wildman–Crippen LogP) is 3.59. The van der Waals surface area contributed by atoms with Gasteiger partial charge < -0.3 is 14.7 Å². The number of benzene rings is 1. The summed E-state index contributed by atoms with van der Waals surface area (Å²) in [5, 5.41) is 7.03. The van der Waals surface area contributed by atoms with E-state index in [1.165, 1.54) is 25.3 Å². The van der Waals surface area contributed by atoms with Gasteiger partial charge in [0, 0.05) is 51.1 Å². The van der Waals surface area contributed by atoms with Crippen molar-refractivity contribution in [1.29, 1.82) is 0 Å². The lowest BCUT2D eigenvalue weighted by Crippen LogP contribution is -2.54. The monoisotopic (exact) mass is 467 g/mol. The Morgan fingerprint density at radius 1 is 1.09 bits per heavy atom. The fourth-order valence-electron chi connectivity index (χ4n) is 4.99. The summed E-state index contributed by atoms with van der Waals surface area (Å²) < 4.78 is 5.52. The Labute approximate surface area is 202 Å². The summed E-state index contributed by atoms with van der Waals surface area (Å²) in [6, 6.07) is 7.92. The van der Waals surface area contributed by atoms with Crippen LogP contribution in [0.1, 0.15) is 70.2 Å². The first-order chi connectivity index (χ1) is 16.4. The summed E-state index contributed by atoms with van der Waals surface area (Å²) in [5.74, 6) is 2.08. The molecule has 2 aliphatic rings. The molecular formula is C26H37N5O3. The van der Waals surface area contributed by atoms with Crippen LogP contribution in [0.4, 0.5) is 0 Å². The highest BCUT2D eigenvalue weighted by atomic mass is 16.5. The molecule has 2 heterocycles. The summed E-state index contributed by atoms with van der Waals surface area (Å²) in [6.45, 7) is 9.43. The van der Waals surface area contributed by atoms with Crippen LogP contribution in [0.2, 0.25) is 0 Å². The highest BCUT2D eigenvalue weighted by molar-refractivity contribution is 5.87. The van der Waals surface area contributed by atoms with E-state index in [0.717, 1.165) is 43.9 Å². The van der Waals surface area contributed by atoms with E-state index in [4.69, 9.17) is 4.52 Å². The first-order valence-corrected chi connectivity index (χ1v) is 12.6. The standard InChI is InChI=1S/C26H37N5O3/c1-18(2)16-23(27-19(3)32)26(33)31-14-12-30(13-15-31)17-20-8-10-21(11-9-20)24-28-25(34-29-24)22-6-4-5-7-22/h8-11,18,22-23H,4-7,12-17H2,1-3H3,(H,27,32). The van der Waals surface area contributed by atoms with E-state index in [1.807, 2.05) is 4.90 Å². The molecule has 1 N–H and O–H groups in total. The average molecular weight is 468 g/mol. The fourth-order valence-corrected chi connectivity index (χ4v) is 4.99.